The lowest BCUT2D eigenvalue weighted by Gasteiger charge is -2.22. The van der Waals surface area contributed by atoms with Crippen molar-refractivity contribution in [2.24, 2.45) is 0 Å². The first-order valence-corrected chi connectivity index (χ1v) is 8.15. The minimum Gasteiger partial charge on any atom is -0.336 e. The molecule has 1 aliphatic rings. The van der Waals surface area contributed by atoms with Gasteiger partial charge in [-0.3, -0.25) is 4.98 Å². The lowest BCUT2D eigenvalue weighted by atomic mass is 9.96. The van der Waals surface area contributed by atoms with Crippen molar-refractivity contribution in [1.82, 2.24) is 30.2 Å². The molecule has 7 heteroatoms. The molecule has 0 bridgehead atoms. The largest absolute Gasteiger partial charge is 0.336 e. The Kier molecular flexibility index (Phi) is 5.18. The minimum atomic E-state index is -0.0851. The van der Waals surface area contributed by atoms with E-state index >= 15 is 0 Å². The van der Waals surface area contributed by atoms with Gasteiger partial charge in [0.25, 0.3) is 0 Å². The molecule has 2 aromatic rings. The molecule has 0 spiro atoms. The van der Waals surface area contributed by atoms with Crippen LogP contribution < -0.4 is 10.6 Å². The number of hydrogen-bond acceptors (Lipinski definition) is 4. The average Bonchev–Trinajstić information content (AvgIpc) is 3.05. The third kappa shape index (κ3) is 4.28. The number of rotatable bonds is 5. The zero-order valence-electron chi connectivity index (χ0n) is 13.1. The van der Waals surface area contributed by atoms with E-state index in [1.807, 2.05) is 10.8 Å². The van der Waals surface area contributed by atoms with Gasteiger partial charge in [0.2, 0.25) is 0 Å². The Hall–Kier alpha value is -2.44. The number of imidazole rings is 1. The molecule has 7 nitrogen and oxygen atoms in total. The molecule has 3 rings (SSSR count). The van der Waals surface area contributed by atoms with Crippen LogP contribution in [0.15, 0.2) is 31.0 Å². The van der Waals surface area contributed by atoms with Gasteiger partial charge in [-0.2, -0.15) is 0 Å². The quantitative estimate of drug-likeness (QED) is 0.883. The number of urea groups is 1. The molecule has 2 aromatic heterocycles. The topological polar surface area (TPSA) is 84.7 Å². The lowest BCUT2D eigenvalue weighted by Crippen LogP contribution is -2.43. The van der Waals surface area contributed by atoms with Crippen LogP contribution in [0, 0.1) is 0 Å². The summed E-state index contributed by atoms with van der Waals surface area (Å²) < 4.78 is 1.96. The van der Waals surface area contributed by atoms with Gasteiger partial charge in [0.15, 0.2) is 5.82 Å². The Morgan fingerprint density at radius 3 is 2.83 bits per heavy atom. The van der Waals surface area contributed by atoms with Crippen LogP contribution in [0.1, 0.15) is 32.1 Å². The summed E-state index contributed by atoms with van der Waals surface area (Å²) >= 11 is 0. The summed E-state index contributed by atoms with van der Waals surface area (Å²) in [6.45, 7) is 1.19. The number of carbonyl (C=O) groups excluding carboxylic acids is 1. The first-order valence-electron chi connectivity index (χ1n) is 8.15. The molecule has 1 aliphatic carbocycles. The summed E-state index contributed by atoms with van der Waals surface area (Å²) in [7, 11) is 0. The van der Waals surface area contributed by atoms with E-state index in [1.165, 1.54) is 19.3 Å². The Balaban J connectivity index is 1.47. The van der Waals surface area contributed by atoms with Gasteiger partial charge in [-0.1, -0.05) is 19.3 Å². The van der Waals surface area contributed by atoms with E-state index in [0.717, 1.165) is 24.4 Å². The third-order valence-electron chi connectivity index (χ3n) is 4.09. The van der Waals surface area contributed by atoms with Gasteiger partial charge >= 0.3 is 6.03 Å². The molecule has 2 heterocycles. The molecule has 2 N–H and O–H groups in total. The summed E-state index contributed by atoms with van der Waals surface area (Å²) in [4.78, 5) is 24.6. The Bertz CT molecular complexity index is 621. The average molecular weight is 314 g/mol. The van der Waals surface area contributed by atoms with Gasteiger partial charge in [0.1, 0.15) is 5.69 Å². The number of hydrogen-bond donors (Lipinski definition) is 2. The van der Waals surface area contributed by atoms with Crippen LogP contribution >= 0.6 is 0 Å². The van der Waals surface area contributed by atoms with Crippen LogP contribution in [0.2, 0.25) is 0 Å². The number of aromatic nitrogens is 4. The number of amides is 2. The molecule has 1 fully saturated rings. The summed E-state index contributed by atoms with van der Waals surface area (Å²) in [6, 6.07) is 0.241. The normalized spacial score (nSPS) is 15.3. The molecule has 0 atom stereocenters. The third-order valence-corrected chi connectivity index (χ3v) is 4.09. The number of carbonyl (C=O) groups is 1. The van der Waals surface area contributed by atoms with Crippen LogP contribution in [-0.4, -0.2) is 38.1 Å². The van der Waals surface area contributed by atoms with Crippen molar-refractivity contribution in [3.8, 4) is 11.5 Å². The molecule has 23 heavy (non-hydrogen) atoms. The highest BCUT2D eigenvalue weighted by atomic mass is 16.2. The Labute approximate surface area is 135 Å². The van der Waals surface area contributed by atoms with Gasteiger partial charge in [-0.25, -0.2) is 14.8 Å². The molecule has 0 aromatic carbocycles. The SMILES string of the molecule is O=C(NCCn1ccnc1-c1cnccn1)NC1CCCCC1. The van der Waals surface area contributed by atoms with E-state index in [9.17, 15) is 4.79 Å². The minimum absolute atomic E-state index is 0.0851. The first-order chi connectivity index (χ1) is 11.3. The van der Waals surface area contributed by atoms with E-state index in [-0.39, 0.29) is 6.03 Å². The second-order valence-electron chi connectivity index (χ2n) is 5.77. The maximum atomic E-state index is 11.9. The Morgan fingerprint density at radius 1 is 1.17 bits per heavy atom. The summed E-state index contributed by atoms with van der Waals surface area (Å²) in [6.07, 6.45) is 14.4. The van der Waals surface area contributed by atoms with Gasteiger partial charge in [0.05, 0.1) is 6.20 Å². The van der Waals surface area contributed by atoms with Crippen LogP contribution in [0.25, 0.3) is 11.5 Å². The van der Waals surface area contributed by atoms with Crippen molar-refractivity contribution in [3.05, 3.63) is 31.0 Å². The van der Waals surface area contributed by atoms with Crippen molar-refractivity contribution in [2.75, 3.05) is 6.54 Å². The van der Waals surface area contributed by atoms with Crippen LogP contribution in [0.4, 0.5) is 4.79 Å². The van der Waals surface area contributed by atoms with Gasteiger partial charge in [0, 0.05) is 43.9 Å². The standard InChI is InChI=1S/C16H22N6O/c23-16(21-13-4-2-1-3-5-13)20-9-11-22-10-8-19-15(22)14-12-17-6-7-18-14/h6-8,10,12-13H,1-5,9,11H2,(H2,20,21,23). The van der Waals surface area contributed by atoms with E-state index in [4.69, 9.17) is 0 Å². The van der Waals surface area contributed by atoms with E-state index < -0.39 is 0 Å². The molecular weight excluding hydrogens is 292 g/mol. The van der Waals surface area contributed by atoms with Crippen molar-refractivity contribution >= 4 is 6.03 Å². The molecule has 0 radical (unpaired) electrons. The van der Waals surface area contributed by atoms with Crippen LogP contribution in [0.5, 0.6) is 0 Å². The van der Waals surface area contributed by atoms with Gasteiger partial charge < -0.3 is 15.2 Å². The smallest absolute Gasteiger partial charge is 0.315 e. The maximum absolute atomic E-state index is 11.9. The zero-order chi connectivity index (χ0) is 15.9. The second kappa shape index (κ2) is 7.71. The Morgan fingerprint density at radius 2 is 2.04 bits per heavy atom. The highest BCUT2D eigenvalue weighted by molar-refractivity contribution is 5.74. The summed E-state index contributed by atoms with van der Waals surface area (Å²) in [5.74, 6) is 0.757. The highest BCUT2D eigenvalue weighted by Crippen LogP contribution is 2.17. The first kappa shape index (κ1) is 15.5. The lowest BCUT2D eigenvalue weighted by molar-refractivity contribution is 0.232. The fraction of sp³-hybridized carbons (Fsp3) is 0.500. The van der Waals surface area contributed by atoms with E-state index in [1.54, 1.807) is 24.8 Å². The zero-order valence-corrected chi connectivity index (χ0v) is 13.1. The van der Waals surface area contributed by atoms with Crippen molar-refractivity contribution in [1.29, 1.82) is 0 Å². The van der Waals surface area contributed by atoms with Gasteiger partial charge in [-0.05, 0) is 12.8 Å². The summed E-state index contributed by atoms with van der Waals surface area (Å²) in [5.41, 5.74) is 0.726. The van der Waals surface area contributed by atoms with Crippen LogP contribution in [0.3, 0.4) is 0 Å². The van der Waals surface area contributed by atoms with Gasteiger partial charge in [-0.15, -0.1) is 0 Å². The number of nitrogens with one attached hydrogen (secondary N) is 2. The maximum Gasteiger partial charge on any atom is 0.315 e. The highest BCUT2D eigenvalue weighted by Gasteiger charge is 2.15. The molecule has 0 unspecified atom stereocenters. The van der Waals surface area contributed by atoms with E-state index in [0.29, 0.717) is 19.1 Å². The monoisotopic (exact) mass is 314 g/mol. The molecule has 122 valence electrons. The molecular formula is C16H22N6O. The molecule has 0 aliphatic heterocycles. The molecule has 1 saturated carbocycles. The second-order valence-corrected chi connectivity index (χ2v) is 5.77. The van der Waals surface area contributed by atoms with Crippen molar-refractivity contribution in [2.45, 2.75) is 44.7 Å². The van der Waals surface area contributed by atoms with Crippen molar-refractivity contribution in [3.63, 3.8) is 0 Å². The fourth-order valence-electron chi connectivity index (χ4n) is 2.91. The predicted octanol–water partition coefficient (Wildman–Crippen LogP) is 1.97. The van der Waals surface area contributed by atoms with Crippen molar-refractivity contribution < 1.29 is 4.79 Å². The number of nitrogens with zero attached hydrogens (tertiary/aromatic N) is 4. The predicted molar refractivity (Wildman–Crippen MR) is 86.7 cm³/mol. The molecule has 0 saturated heterocycles. The van der Waals surface area contributed by atoms with E-state index in [2.05, 4.69) is 25.6 Å². The summed E-state index contributed by atoms with van der Waals surface area (Å²) in [5, 5.41) is 5.96. The van der Waals surface area contributed by atoms with Crippen LogP contribution in [-0.2, 0) is 6.54 Å². The molecule has 2 amide bonds. The fourth-order valence-corrected chi connectivity index (χ4v) is 2.91.